The highest BCUT2D eigenvalue weighted by Crippen LogP contribution is 2.37. The van der Waals surface area contributed by atoms with Crippen LogP contribution in [0.2, 0.25) is 0 Å². The fourth-order valence-electron chi connectivity index (χ4n) is 3.28. The van der Waals surface area contributed by atoms with E-state index in [2.05, 4.69) is 10.6 Å². The van der Waals surface area contributed by atoms with Crippen LogP contribution in [-0.4, -0.2) is 53.7 Å². The van der Waals surface area contributed by atoms with Gasteiger partial charge >= 0.3 is 6.03 Å². The van der Waals surface area contributed by atoms with Crippen LogP contribution in [0.5, 0.6) is 0 Å². The highest BCUT2D eigenvalue weighted by atomic mass is 16.3. The zero-order valence-electron chi connectivity index (χ0n) is 11.0. The predicted molar refractivity (Wildman–Crippen MR) is 68.4 cm³/mol. The van der Waals surface area contributed by atoms with Crippen molar-refractivity contribution in [3.05, 3.63) is 0 Å². The Morgan fingerprint density at radius 2 is 1.95 bits per heavy atom. The lowest BCUT2D eigenvalue weighted by Crippen LogP contribution is -2.45. The Labute approximate surface area is 112 Å². The van der Waals surface area contributed by atoms with Gasteiger partial charge in [0, 0.05) is 25.0 Å². The molecule has 3 aliphatic rings. The molecule has 3 amide bonds. The van der Waals surface area contributed by atoms with Gasteiger partial charge in [-0.3, -0.25) is 15.0 Å². The Hall–Kier alpha value is -1.14. The van der Waals surface area contributed by atoms with E-state index >= 15 is 0 Å². The minimum absolute atomic E-state index is 0.212. The molecule has 2 aliphatic carbocycles. The molecule has 2 saturated carbocycles. The molecule has 3 unspecified atom stereocenters. The molecule has 0 aromatic carbocycles. The molecule has 19 heavy (non-hydrogen) atoms. The number of hydrogen-bond donors (Lipinski definition) is 3. The fraction of sp³-hybridized carbons (Fsp3) is 0.846. The summed E-state index contributed by atoms with van der Waals surface area (Å²) >= 11 is 0. The molecule has 6 heteroatoms. The number of carbonyl (C=O) groups is 2. The van der Waals surface area contributed by atoms with E-state index in [4.69, 9.17) is 0 Å². The van der Waals surface area contributed by atoms with E-state index in [1.54, 1.807) is 0 Å². The highest BCUT2D eigenvalue weighted by Gasteiger charge is 2.42. The van der Waals surface area contributed by atoms with Crippen molar-refractivity contribution in [2.45, 2.75) is 37.8 Å². The van der Waals surface area contributed by atoms with E-state index < -0.39 is 0 Å². The maximum absolute atomic E-state index is 11.7. The third kappa shape index (κ3) is 3.06. The maximum Gasteiger partial charge on any atom is 0.321 e. The predicted octanol–water partition coefficient (Wildman–Crippen LogP) is -0.323. The van der Waals surface area contributed by atoms with Crippen LogP contribution in [-0.2, 0) is 4.79 Å². The molecule has 0 bridgehead atoms. The first kappa shape index (κ1) is 12.9. The lowest BCUT2D eigenvalue weighted by atomic mass is 10.00. The normalized spacial score (nSPS) is 34.1. The second-order valence-electron chi connectivity index (χ2n) is 6.06. The number of likely N-dealkylation sites (tertiary alicyclic amines) is 1. The van der Waals surface area contributed by atoms with Gasteiger partial charge in [0.05, 0.1) is 12.6 Å². The monoisotopic (exact) mass is 267 g/mol. The molecule has 0 aromatic heterocycles. The summed E-state index contributed by atoms with van der Waals surface area (Å²) in [6, 6.07) is -0.124. The number of aliphatic hydroxyl groups is 1. The molecule has 3 N–H and O–H groups in total. The average molecular weight is 267 g/mol. The Morgan fingerprint density at radius 3 is 2.63 bits per heavy atom. The summed E-state index contributed by atoms with van der Waals surface area (Å²) < 4.78 is 0. The summed E-state index contributed by atoms with van der Waals surface area (Å²) in [4.78, 5) is 25.2. The van der Waals surface area contributed by atoms with E-state index in [1.165, 1.54) is 0 Å². The summed E-state index contributed by atoms with van der Waals surface area (Å²) in [5, 5.41) is 14.9. The number of nitrogens with zero attached hydrogens (tertiary/aromatic N) is 1. The first-order valence-corrected chi connectivity index (χ1v) is 7.12. The number of hydrogen-bond acceptors (Lipinski definition) is 4. The van der Waals surface area contributed by atoms with Crippen molar-refractivity contribution in [3.63, 3.8) is 0 Å². The van der Waals surface area contributed by atoms with Crippen molar-refractivity contribution in [1.29, 1.82) is 0 Å². The van der Waals surface area contributed by atoms with Gasteiger partial charge in [0.2, 0.25) is 5.91 Å². The SMILES string of the molecule is O=C(CN1CC2CCC(O)C2C1)NC(=O)NC1CC1. The Kier molecular flexibility index (Phi) is 3.45. The molecule has 0 spiro atoms. The van der Waals surface area contributed by atoms with E-state index in [0.717, 1.165) is 38.8 Å². The van der Waals surface area contributed by atoms with Gasteiger partial charge in [-0.25, -0.2) is 4.79 Å². The smallest absolute Gasteiger partial charge is 0.321 e. The van der Waals surface area contributed by atoms with Crippen molar-refractivity contribution in [2.75, 3.05) is 19.6 Å². The molecule has 0 radical (unpaired) electrons. The molecule has 1 heterocycles. The first-order chi connectivity index (χ1) is 9.11. The van der Waals surface area contributed by atoms with Crippen LogP contribution in [0.3, 0.4) is 0 Å². The third-order valence-electron chi connectivity index (χ3n) is 4.43. The standard InChI is InChI=1S/C13H21N3O3/c17-11-4-1-8-5-16(6-10(8)11)7-12(18)15-13(19)14-9-2-3-9/h8-11,17H,1-7H2,(H2,14,15,18,19). The van der Waals surface area contributed by atoms with E-state index in [9.17, 15) is 14.7 Å². The molecular weight excluding hydrogens is 246 g/mol. The summed E-state index contributed by atoms with van der Waals surface area (Å²) in [6.45, 7) is 1.88. The molecule has 3 fully saturated rings. The number of carbonyl (C=O) groups excluding carboxylic acids is 2. The number of nitrogens with one attached hydrogen (secondary N) is 2. The van der Waals surface area contributed by atoms with Crippen molar-refractivity contribution in [3.8, 4) is 0 Å². The summed E-state index contributed by atoms with van der Waals surface area (Å²) in [5.74, 6) is 0.573. The second kappa shape index (κ2) is 5.09. The van der Waals surface area contributed by atoms with Crippen LogP contribution >= 0.6 is 0 Å². The number of amides is 3. The van der Waals surface area contributed by atoms with Gasteiger partial charge in [-0.15, -0.1) is 0 Å². The van der Waals surface area contributed by atoms with Crippen molar-refractivity contribution in [1.82, 2.24) is 15.5 Å². The zero-order valence-corrected chi connectivity index (χ0v) is 11.0. The molecule has 1 saturated heterocycles. The molecule has 1 aliphatic heterocycles. The summed E-state index contributed by atoms with van der Waals surface area (Å²) in [7, 11) is 0. The van der Waals surface area contributed by atoms with Crippen LogP contribution in [0, 0.1) is 11.8 Å². The zero-order chi connectivity index (χ0) is 13.4. The lowest BCUT2D eigenvalue weighted by molar-refractivity contribution is -0.121. The third-order valence-corrected chi connectivity index (χ3v) is 4.43. The van der Waals surface area contributed by atoms with Crippen molar-refractivity contribution < 1.29 is 14.7 Å². The number of urea groups is 1. The van der Waals surface area contributed by atoms with Crippen molar-refractivity contribution in [2.24, 2.45) is 11.8 Å². The van der Waals surface area contributed by atoms with Gasteiger partial charge in [-0.2, -0.15) is 0 Å². The van der Waals surface area contributed by atoms with Crippen LogP contribution in [0.1, 0.15) is 25.7 Å². The van der Waals surface area contributed by atoms with Gasteiger partial charge in [-0.1, -0.05) is 0 Å². The minimum Gasteiger partial charge on any atom is -0.393 e. The largest absolute Gasteiger partial charge is 0.393 e. The van der Waals surface area contributed by atoms with Crippen molar-refractivity contribution >= 4 is 11.9 Å². The highest BCUT2D eigenvalue weighted by molar-refractivity contribution is 5.95. The van der Waals surface area contributed by atoms with Crippen LogP contribution in [0.25, 0.3) is 0 Å². The minimum atomic E-state index is -0.382. The van der Waals surface area contributed by atoms with E-state index in [0.29, 0.717) is 11.8 Å². The van der Waals surface area contributed by atoms with Crippen LogP contribution in [0.4, 0.5) is 4.79 Å². The van der Waals surface area contributed by atoms with Gasteiger partial charge in [0.15, 0.2) is 0 Å². The Bertz CT molecular complexity index is 383. The molecule has 106 valence electrons. The summed E-state index contributed by atoms with van der Waals surface area (Å²) in [6.07, 6.45) is 3.74. The second-order valence-corrected chi connectivity index (χ2v) is 6.06. The van der Waals surface area contributed by atoms with Crippen LogP contribution in [0.15, 0.2) is 0 Å². The Balaban J connectivity index is 1.41. The topological polar surface area (TPSA) is 81.7 Å². The average Bonchev–Trinajstić information content (AvgIpc) is 2.94. The maximum atomic E-state index is 11.7. The van der Waals surface area contributed by atoms with Gasteiger partial charge < -0.3 is 10.4 Å². The molecule has 0 aromatic rings. The lowest BCUT2D eigenvalue weighted by Gasteiger charge is -2.17. The number of aliphatic hydroxyl groups excluding tert-OH is 1. The molecule has 3 rings (SSSR count). The van der Waals surface area contributed by atoms with Gasteiger partial charge in [0.1, 0.15) is 0 Å². The first-order valence-electron chi connectivity index (χ1n) is 7.12. The van der Waals surface area contributed by atoms with Gasteiger partial charge in [-0.05, 0) is 31.6 Å². The van der Waals surface area contributed by atoms with E-state index in [-0.39, 0.29) is 30.6 Å². The van der Waals surface area contributed by atoms with E-state index in [1.807, 2.05) is 4.90 Å². The van der Waals surface area contributed by atoms with Gasteiger partial charge in [0.25, 0.3) is 0 Å². The molecule has 3 atom stereocenters. The molecular formula is C13H21N3O3. The number of imide groups is 1. The Morgan fingerprint density at radius 1 is 1.16 bits per heavy atom. The molecule has 6 nitrogen and oxygen atoms in total. The summed E-state index contributed by atoms with van der Waals surface area (Å²) in [5.41, 5.74) is 0. The van der Waals surface area contributed by atoms with Crippen LogP contribution < -0.4 is 10.6 Å². The number of fused-ring (bicyclic) bond motifs is 1. The quantitative estimate of drug-likeness (QED) is 0.654. The fourth-order valence-corrected chi connectivity index (χ4v) is 3.28. The number of rotatable bonds is 3.